The van der Waals surface area contributed by atoms with Gasteiger partial charge in [-0.1, -0.05) is 56.3 Å². The molecule has 1 atom stereocenters. The van der Waals surface area contributed by atoms with E-state index in [4.69, 9.17) is 9.47 Å². The molecule has 3 aromatic rings. The van der Waals surface area contributed by atoms with E-state index in [-0.39, 0.29) is 17.1 Å². The van der Waals surface area contributed by atoms with Crippen molar-refractivity contribution in [1.29, 1.82) is 0 Å². The van der Waals surface area contributed by atoms with Crippen molar-refractivity contribution < 1.29 is 19.1 Å². The predicted molar refractivity (Wildman–Crippen MR) is 133 cm³/mol. The standard InChI is InChI=1S/C29H29NO4/c1-5-33-25-14-19(11-13-24(25)34-17(2)31)26-21-12-10-18-8-6-7-9-20(18)28(21)30-22-15-29(3,4)16-23(32)27(22)26/h6-14,26,30H,5,15-16H2,1-4H3. The van der Waals surface area contributed by atoms with E-state index in [1.54, 1.807) is 6.07 Å². The van der Waals surface area contributed by atoms with Gasteiger partial charge in [0, 0.05) is 35.9 Å². The first-order valence-electron chi connectivity index (χ1n) is 11.8. The third-order valence-corrected chi connectivity index (χ3v) is 6.61. The zero-order valence-electron chi connectivity index (χ0n) is 20.0. The summed E-state index contributed by atoms with van der Waals surface area (Å²) in [5.74, 6) is 0.426. The number of rotatable bonds is 4. The number of anilines is 1. The molecule has 3 aromatic carbocycles. The van der Waals surface area contributed by atoms with Gasteiger partial charge >= 0.3 is 5.97 Å². The summed E-state index contributed by atoms with van der Waals surface area (Å²) in [6, 6.07) is 18.1. The van der Waals surface area contributed by atoms with Crippen LogP contribution in [0.25, 0.3) is 10.8 Å². The Bertz CT molecular complexity index is 1350. The van der Waals surface area contributed by atoms with E-state index in [1.165, 1.54) is 6.92 Å². The van der Waals surface area contributed by atoms with Gasteiger partial charge < -0.3 is 14.8 Å². The maximum atomic E-state index is 13.5. The summed E-state index contributed by atoms with van der Waals surface area (Å²) in [5, 5.41) is 5.95. The number of hydrogen-bond donors (Lipinski definition) is 1. The summed E-state index contributed by atoms with van der Waals surface area (Å²) in [6.45, 7) is 7.99. The largest absolute Gasteiger partial charge is 0.490 e. The minimum absolute atomic E-state index is 0.106. The molecule has 0 aromatic heterocycles. The molecule has 0 spiro atoms. The SMILES string of the molecule is CCOc1cc(C2C3=C(CC(C)(C)CC3=O)Nc3c2ccc2ccccc32)ccc1OC(C)=O. The van der Waals surface area contributed by atoms with Crippen LogP contribution in [-0.2, 0) is 9.59 Å². The topological polar surface area (TPSA) is 64.6 Å². The number of ketones is 1. The van der Waals surface area contributed by atoms with Crippen LogP contribution in [0.5, 0.6) is 11.5 Å². The number of carbonyl (C=O) groups is 2. The minimum atomic E-state index is -0.401. The Labute approximate surface area is 199 Å². The summed E-state index contributed by atoms with van der Waals surface area (Å²) in [5.41, 5.74) is 4.77. The lowest BCUT2D eigenvalue weighted by Crippen LogP contribution is -2.33. The van der Waals surface area contributed by atoms with Crippen LogP contribution < -0.4 is 14.8 Å². The van der Waals surface area contributed by atoms with Gasteiger partial charge in [0.25, 0.3) is 0 Å². The van der Waals surface area contributed by atoms with Crippen molar-refractivity contribution >= 4 is 28.2 Å². The highest BCUT2D eigenvalue weighted by Gasteiger charge is 2.41. The Balaban J connectivity index is 1.74. The monoisotopic (exact) mass is 455 g/mol. The van der Waals surface area contributed by atoms with Crippen molar-refractivity contribution in [2.45, 2.75) is 46.5 Å². The fourth-order valence-electron chi connectivity index (χ4n) is 5.31. The first-order valence-corrected chi connectivity index (χ1v) is 11.8. The summed E-state index contributed by atoms with van der Waals surface area (Å²) in [4.78, 5) is 25.1. The van der Waals surface area contributed by atoms with Crippen LogP contribution in [0.15, 0.2) is 65.9 Å². The van der Waals surface area contributed by atoms with Crippen molar-refractivity contribution in [3.63, 3.8) is 0 Å². The Morgan fingerprint density at radius 2 is 1.85 bits per heavy atom. The second-order valence-electron chi connectivity index (χ2n) is 9.87. The molecule has 1 N–H and O–H groups in total. The van der Waals surface area contributed by atoms with Gasteiger partial charge in [0.05, 0.1) is 12.3 Å². The zero-order chi connectivity index (χ0) is 24.0. The summed E-state index contributed by atoms with van der Waals surface area (Å²) < 4.78 is 11.2. The molecule has 1 aliphatic heterocycles. The lowest BCUT2D eigenvalue weighted by molar-refractivity contribution is -0.132. The average Bonchev–Trinajstić information content (AvgIpc) is 2.78. The zero-order valence-corrected chi connectivity index (χ0v) is 20.0. The van der Waals surface area contributed by atoms with Crippen molar-refractivity contribution in [1.82, 2.24) is 0 Å². The molecule has 0 radical (unpaired) electrons. The molecule has 1 aliphatic carbocycles. The molecule has 174 valence electrons. The van der Waals surface area contributed by atoms with Crippen LogP contribution in [0.4, 0.5) is 5.69 Å². The second-order valence-corrected chi connectivity index (χ2v) is 9.87. The molecule has 34 heavy (non-hydrogen) atoms. The molecule has 0 bridgehead atoms. The van der Waals surface area contributed by atoms with E-state index in [1.807, 2.05) is 31.2 Å². The Hall–Kier alpha value is -3.60. The van der Waals surface area contributed by atoms with E-state index < -0.39 is 5.97 Å². The molecule has 1 heterocycles. The second kappa shape index (κ2) is 8.32. The average molecular weight is 456 g/mol. The summed E-state index contributed by atoms with van der Waals surface area (Å²) in [6.07, 6.45) is 1.31. The number of esters is 1. The van der Waals surface area contributed by atoms with Crippen LogP contribution in [0.3, 0.4) is 0 Å². The Kier molecular flexibility index (Phi) is 5.43. The molecule has 1 unspecified atom stereocenters. The van der Waals surface area contributed by atoms with Crippen LogP contribution >= 0.6 is 0 Å². The molecule has 0 amide bonds. The molecule has 2 aliphatic rings. The van der Waals surface area contributed by atoms with Crippen molar-refractivity contribution in [3.8, 4) is 11.5 Å². The van der Waals surface area contributed by atoms with Gasteiger partial charge in [-0.3, -0.25) is 9.59 Å². The van der Waals surface area contributed by atoms with Crippen LogP contribution in [0.2, 0.25) is 0 Å². The van der Waals surface area contributed by atoms with E-state index in [2.05, 4.69) is 43.4 Å². The molecular weight excluding hydrogens is 426 g/mol. The number of carbonyl (C=O) groups excluding carboxylic acids is 2. The lowest BCUT2D eigenvalue weighted by Gasteiger charge is -2.40. The van der Waals surface area contributed by atoms with Crippen LogP contribution in [-0.4, -0.2) is 18.4 Å². The van der Waals surface area contributed by atoms with E-state index in [0.29, 0.717) is 24.5 Å². The molecule has 5 rings (SSSR count). The molecule has 0 saturated heterocycles. The van der Waals surface area contributed by atoms with Gasteiger partial charge in [-0.05, 0) is 47.4 Å². The summed E-state index contributed by atoms with van der Waals surface area (Å²) in [7, 11) is 0. The highest BCUT2D eigenvalue weighted by atomic mass is 16.6. The van der Waals surface area contributed by atoms with Gasteiger partial charge in [0.2, 0.25) is 0 Å². The van der Waals surface area contributed by atoms with E-state index in [0.717, 1.165) is 45.3 Å². The number of ether oxygens (including phenoxy) is 2. The van der Waals surface area contributed by atoms with Gasteiger partial charge in [0.15, 0.2) is 17.3 Å². The molecule has 5 heteroatoms. The third-order valence-electron chi connectivity index (χ3n) is 6.61. The lowest BCUT2D eigenvalue weighted by atomic mass is 9.68. The molecule has 5 nitrogen and oxygen atoms in total. The molecule has 0 fully saturated rings. The van der Waals surface area contributed by atoms with E-state index in [9.17, 15) is 9.59 Å². The van der Waals surface area contributed by atoms with Gasteiger partial charge in [0.1, 0.15) is 0 Å². The highest BCUT2D eigenvalue weighted by molar-refractivity contribution is 6.05. The number of Topliss-reactive ketones (excluding diaryl/α,β-unsaturated/α-hetero) is 1. The molecule has 0 saturated carbocycles. The quantitative estimate of drug-likeness (QED) is 0.366. The number of benzene rings is 3. The normalized spacial score (nSPS) is 18.7. The first-order chi connectivity index (χ1) is 16.3. The number of hydrogen-bond acceptors (Lipinski definition) is 5. The van der Waals surface area contributed by atoms with Crippen molar-refractivity contribution in [3.05, 3.63) is 77.0 Å². The van der Waals surface area contributed by atoms with Crippen molar-refractivity contribution in [2.24, 2.45) is 5.41 Å². The number of allylic oxidation sites excluding steroid dienone is 2. The predicted octanol–water partition coefficient (Wildman–Crippen LogP) is 6.36. The highest BCUT2D eigenvalue weighted by Crippen LogP contribution is 2.51. The maximum Gasteiger partial charge on any atom is 0.308 e. The Morgan fingerprint density at radius 1 is 1.06 bits per heavy atom. The van der Waals surface area contributed by atoms with Gasteiger partial charge in [-0.25, -0.2) is 0 Å². The van der Waals surface area contributed by atoms with Gasteiger partial charge in [-0.15, -0.1) is 0 Å². The number of nitrogens with one attached hydrogen (secondary N) is 1. The minimum Gasteiger partial charge on any atom is -0.490 e. The third kappa shape index (κ3) is 3.85. The van der Waals surface area contributed by atoms with Crippen LogP contribution in [0, 0.1) is 5.41 Å². The Morgan fingerprint density at radius 3 is 2.62 bits per heavy atom. The maximum absolute atomic E-state index is 13.5. The molecular formula is C29H29NO4. The van der Waals surface area contributed by atoms with E-state index >= 15 is 0 Å². The van der Waals surface area contributed by atoms with Gasteiger partial charge in [-0.2, -0.15) is 0 Å². The first kappa shape index (κ1) is 22.2. The fourth-order valence-corrected chi connectivity index (χ4v) is 5.31. The van der Waals surface area contributed by atoms with Crippen LogP contribution in [0.1, 0.15) is 57.6 Å². The number of fused-ring (bicyclic) bond motifs is 3. The fraction of sp³-hybridized carbons (Fsp3) is 0.310. The smallest absolute Gasteiger partial charge is 0.308 e. The van der Waals surface area contributed by atoms with Crippen molar-refractivity contribution in [2.75, 3.05) is 11.9 Å². The summed E-state index contributed by atoms with van der Waals surface area (Å²) >= 11 is 0.